The van der Waals surface area contributed by atoms with E-state index in [9.17, 15) is 14.4 Å². The highest BCUT2D eigenvalue weighted by Gasteiger charge is 2.37. The number of hydrogen-bond donors (Lipinski definition) is 0. The number of rotatable bonds is 3. The first-order valence-corrected chi connectivity index (χ1v) is 10.3. The Bertz CT molecular complexity index is 719. The summed E-state index contributed by atoms with van der Waals surface area (Å²) in [6.45, 7) is 1.19. The van der Waals surface area contributed by atoms with Crippen LogP contribution in [0.25, 0.3) is 6.08 Å². The standard InChI is InChI=1S/C16H16Br2N2O4S/c17-11-7-10(24-14(11)18)8-12-15(22)20(16(23)25-12)9-13(21)19-5-3-1-2-4-6-19/h7-8H,1-6,9H2. The fourth-order valence-electron chi connectivity index (χ4n) is 2.76. The summed E-state index contributed by atoms with van der Waals surface area (Å²) >= 11 is 7.35. The number of thioether (sulfide) groups is 1. The first-order chi connectivity index (χ1) is 12.0. The van der Waals surface area contributed by atoms with Crippen molar-refractivity contribution in [1.29, 1.82) is 0 Å². The van der Waals surface area contributed by atoms with Gasteiger partial charge in [-0.2, -0.15) is 0 Å². The molecule has 0 bridgehead atoms. The van der Waals surface area contributed by atoms with Gasteiger partial charge in [-0.25, -0.2) is 0 Å². The van der Waals surface area contributed by atoms with E-state index in [1.807, 2.05) is 0 Å². The third kappa shape index (κ3) is 4.38. The van der Waals surface area contributed by atoms with E-state index in [4.69, 9.17) is 4.42 Å². The number of furan rings is 1. The fraction of sp³-hybridized carbons (Fsp3) is 0.438. The average Bonchev–Trinajstić information content (AvgIpc) is 2.90. The van der Waals surface area contributed by atoms with E-state index in [2.05, 4.69) is 31.9 Å². The molecule has 0 radical (unpaired) electrons. The van der Waals surface area contributed by atoms with Crippen LogP contribution in [-0.4, -0.2) is 46.5 Å². The number of imide groups is 1. The second kappa shape index (κ2) is 8.09. The summed E-state index contributed by atoms with van der Waals surface area (Å²) in [5, 5.41) is -0.427. The van der Waals surface area contributed by atoms with Gasteiger partial charge in [-0.1, -0.05) is 12.8 Å². The fourth-order valence-corrected chi connectivity index (χ4v) is 4.18. The van der Waals surface area contributed by atoms with Crippen molar-refractivity contribution in [3.8, 4) is 0 Å². The molecule has 6 nitrogen and oxygen atoms in total. The lowest BCUT2D eigenvalue weighted by atomic mass is 10.2. The highest BCUT2D eigenvalue weighted by atomic mass is 79.9. The number of nitrogens with zero attached hydrogens (tertiary/aromatic N) is 2. The van der Waals surface area contributed by atoms with Crippen LogP contribution in [-0.2, 0) is 9.59 Å². The summed E-state index contributed by atoms with van der Waals surface area (Å²) in [5.74, 6) is -0.182. The van der Waals surface area contributed by atoms with Crippen molar-refractivity contribution in [2.45, 2.75) is 25.7 Å². The van der Waals surface area contributed by atoms with Crippen molar-refractivity contribution < 1.29 is 18.8 Å². The van der Waals surface area contributed by atoms with Crippen LogP contribution in [0.15, 0.2) is 24.5 Å². The van der Waals surface area contributed by atoms with Gasteiger partial charge in [0.1, 0.15) is 12.3 Å². The average molecular weight is 492 g/mol. The predicted molar refractivity (Wildman–Crippen MR) is 102 cm³/mol. The molecular weight excluding hydrogens is 476 g/mol. The second-order valence-corrected chi connectivity index (χ2v) is 8.40. The Kier molecular flexibility index (Phi) is 6.06. The highest BCUT2D eigenvalue weighted by Crippen LogP contribution is 2.34. The highest BCUT2D eigenvalue weighted by molar-refractivity contribution is 9.13. The first-order valence-electron chi connectivity index (χ1n) is 7.93. The van der Waals surface area contributed by atoms with Crippen LogP contribution in [0.2, 0.25) is 0 Å². The lowest BCUT2D eigenvalue weighted by molar-refractivity contribution is -0.135. The summed E-state index contributed by atoms with van der Waals surface area (Å²) in [6, 6.07) is 1.69. The lowest BCUT2D eigenvalue weighted by Gasteiger charge is -2.22. The predicted octanol–water partition coefficient (Wildman–Crippen LogP) is 4.24. The van der Waals surface area contributed by atoms with Gasteiger partial charge in [0.15, 0.2) is 4.67 Å². The van der Waals surface area contributed by atoms with Crippen LogP contribution in [0.5, 0.6) is 0 Å². The van der Waals surface area contributed by atoms with Gasteiger partial charge in [0.05, 0.1) is 9.38 Å². The quantitative estimate of drug-likeness (QED) is 0.591. The monoisotopic (exact) mass is 490 g/mol. The minimum atomic E-state index is -0.457. The van der Waals surface area contributed by atoms with Crippen molar-refractivity contribution in [2.75, 3.05) is 19.6 Å². The van der Waals surface area contributed by atoms with E-state index < -0.39 is 11.1 Å². The summed E-state index contributed by atoms with van der Waals surface area (Å²) in [4.78, 5) is 40.1. The third-order valence-electron chi connectivity index (χ3n) is 4.06. The van der Waals surface area contributed by atoms with Crippen LogP contribution in [0.1, 0.15) is 31.4 Å². The minimum Gasteiger partial charge on any atom is -0.449 e. The van der Waals surface area contributed by atoms with Crippen LogP contribution < -0.4 is 0 Å². The van der Waals surface area contributed by atoms with Crippen molar-refractivity contribution in [2.24, 2.45) is 0 Å². The number of amides is 3. The van der Waals surface area contributed by atoms with Crippen molar-refractivity contribution in [3.63, 3.8) is 0 Å². The van der Waals surface area contributed by atoms with Crippen LogP contribution >= 0.6 is 43.6 Å². The van der Waals surface area contributed by atoms with Crippen LogP contribution in [0, 0.1) is 0 Å². The zero-order chi connectivity index (χ0) is 18.0. The summed E-state index contributed by atoms with van der Waals surface area (Å²) < 4.78 is 6.63. The van der Waals surface area contributed by atoms with Gasteiger partial charge in [-0.3, -0.25) is 19.3 Å². The van der Waals surface area contributed by atoms with Crippen molar-refractivity contribution in [3.05, 3.63) is 25.9 Å². The SMILES string of the molecule is O=C(CN1C(=O)SC(=Cc2cc(Br)c(Br)o2)C1=O)N1CCCCCC1. The molecule has 0 saturated carbocycles. The second-order valence-electron chi connectivity index (χ2n) is 5.83. The lowest BCUT2D eigenvalue weighted by Crippen LogP contribution is -2.42. The Balaban J connectivity index is 1.69. The van der Waals surface area contributed by atoms with Gasteiger partial charge < -0.3 is 9.32 Å². The molecular formula is C16H16Br2N2O4S. The van der Waals surface area contributed by atoms with E-state index in [0.29, 0.717) is 28.0 Å². The van der Waals surface area contributed by atoms with E-state index >= 15 is 0 Å². The largest absolute Gasteiger partial charge is 0.449 e. The molecule has 3 amide bonds. The van der Waals surface area contributed by atoms with Crippen LogP contribution in [0.3, 0.4) is 0 Å². The van der Waals surface area contributed by atoms with Crippen LogP contribution in [0.4, 0.5) is 4.79 Å². The van der Waals surface area contributed by atoms with Gasteiger partial charge in [-0.15, -0.1) is 0 Å². The van der Waals surface area contributed by atoms with E-state index in [0.717, 1.165) is 42.3 Å². The molecule has 9 heteroatoms. The van der Waals surface area contributed by atoms with Gasteiger partial charge in [0.2, 0.25) is 5.91 Å². The number of likely N-dealkylation sites (tertiary alicyclic amines) is 1. The maximum atomic E-state index is 12.5. The summed E-state index contributed by atoms with van der Waals surface area (Å²) in [6.07, 6.45) is 5.67. The molecule has 3 heterocycles. The van der Waals surface area contributed by atoms with Crippen molar-refractivity contribution in [1.82, 2.24) is 9.80 Å². The van der Waals surface area contributed by atoms with E-state index in [1.54, 1.807) is 11.0 Å². The molecule has 0 unspecified atom stereocenters. The smallest absolute Gasteiger partial charge is 0.294 e. The van der Waals surface area contributed by atoms with Gasteiger partial charge in [0, 0.05) is 19.2 Å². The molecule has 2 aliphatic rings. The normalized spacial score (nSPS) is 20.5. The molecule has 0 aliphatic carbocycles. The third-order valence-corrected chi connectivity index (χ3v) is 6.68. The summed E-state index contributed by atoms with van der Waals surface area (Å²) in [5.41, 5.74) is 0. The molecule has 0 aromatic carbocycles. The maximum absolute atomic E-state index is 12.5. The van der Waals surface area contributed by atoms with Gasteiger partial charge in [0.25, 0.3) is 11.1 Å². The molecule has 1 aromatic rings. The number of hydrogen-bond acceptors (Lipinski definition) is 5. The molecule has 134 valence electrons. The molecule has 0 N–H and O–H groups in total. The minimum absolute atomic E-state index is 0.172. The Labute approximate surface area is 166 Å². The zero-order valence-electron chi connectivity index (χ0n) is 13.3. The Hall–Kier alpha value is -1.06. The van der Waals surface area contributed by atoms with E-state index in [-0.39, 0.29) is 17.4 Å². The van der Waals surface area contributed by atoms with E-state index in [1.165, 1.54) is 6.08 Å². The molecule has 2 fully saturated rings. The number of halogens is 2. The molecule has 2 aliphatic heterocycles. The van der Waals surface area contributed by atoms with Crippen molar-refractivity contribution >= 4 is 66.8 Å². The Morgan fingerprint density at radius 3 is 2.48 bits per heavy atom. The van der Waals surface area contributed by atoms with Gasteiger partial charge in [-0.05, 0) is 62.5 Å². The Morgan fingerprint density at radius 1 is 1.20 bits per heavy atom. The molecule has 0 spiro atoms. The number of carbonyl (C=O) groups excluding carboxylic acids is 3. The maximum Gasteiger partial charge on any atom is 0.294 e. The Morgan fingerprint density at radius 2 is 1.88 bits per heavy atom. The summed E-state index contributed by atoms with van der Waals surface area (Å²) in [7, 11) is 0. The first kappa shape index (κ1) is 18.7. The molecule has 2 saturated heterocycles. The topological polar surface area (TPSA) is 70.8 Å². The molecule has 0 atom stereocenters. The molecule has 3 rings (SSSR count). The zero-order valence-corrected chi connectivity index (χ0v) is 17.3. The molecule has 1 aromatic heterocycles. The van der Waals surface area contributed by atoms with Gasteiger partial charge >= 0.3 is 0 Å². The molecule has 25 heavy (non-hydrogen) atoms. The number of carbonyl (C=O) groups is 3.